The summed E-state index contributed by atoms with van der Waals surface area (Å²) < 4.78 is 28.6. The van der Waals surface area contributed by atoms with Gasteiger partial charge in [-0.25, -0.2) is 4.39 Å². The monoisotopic (exact) mass is 527 g/mol. The van der Waals surface area contributed by atoms with E-state index in [9.17, 15) is 9.90 Å². The average molecular weight is 528 g/mol. The molecule has 1 fully saturated rings. The molecule has 0 saturated heterocycles. The molecule has 0 radical (unpaired) electrons. The lowest BCUT2D eigenvalue weighted by atomic mass is 9.95. The van der Waals surface area contributed by atoms with Crippen molar-refractivity contribution in [2.24, 2.45) is 5.92 Å². The number of carbonyl (C=O) groups is 1. The number of aliphatic carboxylic acids is 1. The minimum Gasteiger partial charge on any atom is -0.497 e. The van der Waals surface area contributed by atoms with Crippen LogP contribution in [0.4, 0.5) is 4.39 Å². The van der Waals surface area contributed by atoms with Gasteiger partial charge < -0.3 is 19.1 Å². The Morgan fingerprint density at radius 1 is 1.10 bits per heavy atom. The third kappa shape index (κ3) is 4.33. The van der Waals surface area contributed by atoms with Gasteiger partial charge in [-0.2, -0.15) is 0 Å². The second kappa shape index (κ2) is 9.52. The van der Waals surface area contributed by atoms with E-state index in [0.29, 0.717) is 34.9 Å². The number of hydrogen-bond donors (Lipinski definition) is 1. The molecule has 0 aliphatic heterocycles. The quantitative estimate of drug-likeness (QED) is 0.293. The van der Waals surface area contributed by atoms with Crippen molar-refractivity contribution in [2.75, 3.05) is 7.11 Å². The average Bonchev–Trinajstić information content (AvgIpc) is 3.28. The van der Waals surface area contributed by atoms with Gasteiger partial charge in [0.2, 0.25) is 0 Å². The SMILES string of the molecule is COc1ccc(F)c(-c2ccc(COc3ccc4c(c3)C3(CC4)CC3C(=O)O)cc2-c2nncn2C(C)C)c1. The van der Waals surface area contributed by atoms with Gasteiger partial charge in [-0.1, -0.05) is 18.2 Å². The van der Waals surface area contributed by atoms with E-state index in [-0.39, 0.29) is 29.8 Å². The highest BCUT2D eigenvalue weighted by molar-refractivity contribution is 5.82. The van der Waals surface area contributed by atoms with Crippen molar-refractivity contribution in [2.45, 2.75) is 51.2 Å². The Labute approximate surface area is 226 Å². The molecular weight excluding hydrogens is 497 g/mol. The normalized spacial score (nSPS) is 19.4. The summed E-state index contributed by atoms with van der Waals surface area (Å²) in [5.41, 5.74) is 4.81. The van der Waals surface area contributed by atoms with Crippen LogP contribution in [0, 0.1) is 11.7 Å². The molecule has 8 heteroatoms. The van der Waals surface area contributed by atoms with Gasteiger partial charge in [0.1, 0.15) is 30.3 Å². The first kappa shape index (κ1) is 25.1. The number of carboxylic acids is 1. The molecule has 1 saturated carbocycles. The molecule has 7 nitrogen and oxygen atoms in total. The predicted octanol–water partition coefficient (Wildman–Crippen LogP) is 6.21. The number of carboxylic acid groups (broad SMARTS) is 1. The maximum absolute atomic E-state index is 15.0. The van der Waals surface area contributed by atoms with Crippen LogP contribution in [0.5, 0.6) is 11.5 Å². The summed E-state index contributed by atoms with van der Waals surface area (Å²) in [6.07, 6.45) is 4.16. The number of nitrogens with zero attached hydrogens (tertiary/aromatic N) is 3. The van der Waals surface area contributed by atoms with E-state index in [1.54, 1.807) is 25.6 Å². The fraction of sp³-hybridized carbons (Fsp3) is 0.323. The topological polar surface area (TPSA) is 86.5 Å². The number of halogens is 1. The first-order chi connectivity index (χ1) is 18.8. The fourth-order valence-corrected chi connectivity index (χ4v) is 5.94. The lowest BCUT2D eigenvalue weighted by Gasteiger charge is -2.17. The number of fused-ring (bicyclic) bond motifs is 2. The van der Waals surface area contributed by atoms with Crippen molar-refractivity contribution < 1.29 is 23.8 Å². The number of benzene rings is 3. The first-order valence-corrected chi connectivity index (χ1v) is 13.2. The number of aryl methyl sites for hydroxylation is 1. The Hall–Kier alpha value is -4.20. The molecule has 200 valence electrons. The molecule has 1 aromatic heterocycles. The fourth-order valence-electron chi connectivity index (χ4n) is 5.94. The van der Waals surface area contributed by atoms with Crippen LogP contribution >= 0.6 is 0 Å². The van der Waals surface area contributed by atoms with Crippen LogP contribution < -0.4 is 9.47 Å². The van der Waals surface area contributed by atoms with Gasteiger partial charge in [-0.15, -0.1) is 10.2 Å². The Balaban J connectivity index is 1.33. The van der Waals surface area contributed by atoms with Gasteiger partial charge in [-0.3, -0.25) is 4.79 Å². The van der Waals surface area contributed by atoms with E-state index >= 15 is 4.39 Å². The number of aromatic nitrogens is 3. The molecule has 2 aliphatic carbocycles. The van der Waals surface area contributed by atoms with Gasteiger partial charge in [0, 0.05) is 22.6 Å². The van der Waals surface area contributed by atoms with Gasteiger partial charge in [-0.05, 0) is 91.8 Å². The van der Waals surface area contributed by atoms with Gasteiger partial charge in [0.25, 0.3) is 0 Å². The van der Waals surface area contributed by atoms with Crippen LogP contribution in [0.15, 0.2) is 60.9 Å². The molecule has 0 bridgehead atoms. The van der Waals surface area contributed by atoms with Crippen molar-refractivity contribution in [1.29, 1.82) is 0 Å². The Kier molecular flexibility index (Phi) is 6.13. The van der Waals surface area contributed by atoms with Crippen molar-refractivity contribution >= 4 is 5.97 Å². The number of methoxy groups -OCH3 is 1. The highest BCUT2D eigenvalue weighted by Gasteiger charge is 2.61. The van der Waals surface area contributed by atoms with Crippen molar-refractivity contribution in [3.05, 3.63) is 83.4 Å². The Morgan fingerprint density at radius 2 is 1.92 bits per heavy atom. The van der Waals surface area contributed by atoms with Gasteiger partial charge in [0.15, 0.2) is 5.82 Å². The van der Waals surface area contributed by atoms with Crippen molar-refractivity contribution in [1.82, 2.24) is 14.8 Å². The van der Waals surface area contributed by atoms with Crippen LogP contribution in [0.2, 0.25) is 0 Å². The molecule has 0 amide bonds. The third-order valence-corrected chi connectivity index (χ3v) is 8.16. The lowest BCUT2D eigenvalue weighted by molar-refractivity contribution is -0.139. The largest absolute Gasteiger partial charge is 0.497 e. The molecule has 3 aromatic carbocycles. The number of rotatable bonds is 8. The summed E-state index contributed by atoms with van der Waals surface area (Å²) in [6, 6.07) is 16.6. The molecule has 39 heavy (non-hydrogen) atoms. The number of hydrogen-bond acceptors (Lipinski definition) is 5. The minimum absolute atomic E-state index is 0.105. The molecule has 1 spiro atoms. The second-order valence-electron chi connectivity index (χ2n) is 10.7. The summed E-state index contributed by atoms with van der Waals surface area (Å²) in [5.74, 6) is 0.523. The molecule has 2 unspecified atom stereocenters. The molecule has 4 aromatic rings. The van der Waals surface area contributed by atoms with Crippen molar-refractivity contribution in [3.8, 4) is 34.0 Å². The maximum Gasteiger partial charge on any atom is 0.307 e. The first-order valence-electron chi connectivity index (χ1n) is 13.2. The van der Waals surface area contributed by atoms with E-state index in [1.807, 2.05) is 48.7 Å². The van der Waals surface area contributed by atoms with Crippen molar-refractivity contribution in [3.63, 3.8) is 0 Å². The van der Waals surface area contributed by atoms with E-state index in [4.69, 9.17) is 9.47 Å². The highest BCUT2D eigenvalue weighted by Crippen LogP contribution is 2.62. The zero-order valence-corrected chi connectivity index (χ0v) is 22.1. The van der Waals surface area contributed by atoms with Crippen LogP contribution in [-0.2, 0) is 23.2 Å². The summed E-state index contributed by atoms with van der Waals surface area (Å²) in [6.45, 7) is 4.37. The highest BCUT2D eigenvalue weighted by atomic mass is 19.1. The summed E-state index contributed by atoms with van der Waals surface area (Å²) >= 11 is 0. The summed E-state index contributed by atoms with van der Waals surface area (Å²) in [4.78, 5) is 11.6. The summed E-state index contributed by atoms with van der Waals surface area (Å²) in [5, 5.41) is 18.1. The van der Waals surface area contributed by atoms with E-state index < -0.39 is 5.97 Å². The third-order valence-electron chi connectivity index (χ3n) is 8.16. The number of ether oxygens (including phenoxy) is 2. The standard InChI is InChI=1S/C31H30FN3O4/c1-18(2)35-17-33-34-29(35)25-12-19(4-8-23(25)24-13-21(38-3)7-9-28(24)32)16-39-22-6-5-20-10-11-31(26(20)14-22)15-27(31)30(36)37/h4-9,12-14,17-18,27H,10-11,15-16H2,1-3H3,(H,36,37). The maximum atomic E-state index is 15.0. The summed E-state index contributed by atoms with van der Waals surface area (Å²) in [7, 11) is 1.56. The Morgan fingerprint density at radius 3 is 2.67 bits per heavy atom. The van der Waals surface area contributed by atoms with Gasteiger partial charge in [0.05, 0.1) is 13.0 Å². The van der Waals surface area contributed by atoms with Crippen LogP contribution in [0.25, 0.3) is 22.5 Å². The Bertz CT molecular complexity index is 1580. The zero-order valence-electron chi connectivity index (χ0n) is 22.1. The molecule has 2 aliphatic rings. The van der Waals surface area contributed by atoms with Crippen LogP contribution in [0.3, 0.4) is 0 Å². The van der Waals surface area contributed by atoms with E-state index in [2.05, 4.69) is 16.3 Å². The van der Waals surface area contributed by atoms with Gasteiger partial charge >= 0.3 is 5.97 Å². The lowest BCUT2D eigenvalue weighted by Crippen LogP contribution is -2.11. The van der Waals surface area contributed by atoms with Crippen LogP contribution in [-0.4, -0.2) is 33.0 Å². The van der Waals surface area contributed by atoms with E-state index in [1.165, 1.54) is 11.6 Å². The molecule has 1 heterocycles. The zero-order chi connectivity index (χ0) is 27.3. The predicted molar refractivity (Wildman–Crippen MR) is 144 cm³/mol. The van der Waals surface area contributed by atoms with Crippen LogP contribution in [0.1, 0.15) is 49.4 Å². The molecule has 2 atom stereocenters. The molecule has 6 rings (SSSR count). The molecular formula is C31H30FN3O4. The minimum atomic E-state index is -0.719. The smallest absolute Gasteiger partial charge is 0.307 e. The van der Waals surface area contributed by atoms with E-state index in [0.717, 1.165) is 29.5 Å². The molecule has 1 N–H and O–H groups in total. The second-order valence-corrected chi connectivity index (χ2v) is 10.7.